The van der Waals surface area contributed by atoms with Crippen molar-refractivity contribution >= 4 is 0 Å². The van der Waals surface area contributed by atoms with Gasteiger partial charge in [0.25, 0.3) is 0 Å². The molecule has 0 aliphatic carbocycles. The molecule has 2 heterocycles. The minimum absolute atomic E-state index is 0.0969. The van der Waals surface area contributed by atoms with Crippen LogP contribution >= 0.6 is 0 Å². The highest BCUT2D eigenvalue weighted by Gasteiger charge is 2.17. The molecule has 0 radical (unpaired) electrons. The van der Waals surface area contributed by atoms with E-state index in [1.165, 1.54) is 0 Å². The number of rotatable bonds is 4. The minimum atomic E-state index is -0.0969. The highest BCUT2D eigenvalue weighted by Crippen LogP contribution is 2.19. The molecule has 0 bridgehead atoms. The molecule has 0 spiro atoms. The lowest BCUT2D eigenvalue weighted by atomic mass is 10.1. The van der Waals surface area contributed by atoms with E-state index in [1.54, 1.807) is 6.33 Å². The summed E-state index contributed by atoms with van der Waals surface area (Å²) in [4.78, 5) is 4.28. The van der Waals surface area contributed by atoms with Gasteiger partial charge in [-0.15, -0.1) is 0 Å². The second-order valence-electron chi connectivity index (χ2n) is 4.83. The fourth-order valence-corrected chi connectivity index (χ4v) is 2.04. The predicted molar refractivity (Wildman–Crippen MR) is 69.0 cm³/mol. The SMILES string of the molecule is Cc1c(C(N)Cc2ncnn2C(C)C)cnn1C. The van der Waals surface area contributed by atoms with E-state index in [-0.39, 0.29) is 6.04 Å². The summed E-state index contributed by atoms with van der Waals surface area (Å²) in [6.07, 6.45) is 4.08. The van der Waals surface area contributed by atoms with Crippen molar-refractivity contribution in [3.63, 3.8) is 0 Å². The Labute approximate surface area is 107 Å². The van der Waals surface area contributed by atoms with Crippen LogP contribution in [0.2, 0.25) is 0 Å². The minimum Gasteiger partial charge on any atom is -0.323 e. The molecule has 98 valence electrons. The Morgan fingerprint density at radius 3 is 2.61 bits per heavy atom. The van der Waals surface area contributed by atoms with E-state index in [1.807, 2.05) is 29.5 Å². The van der Waals surface area contributed by atoms with Gasteiger partial charge in [-0.05, 0) is 20.8 Å². The molecule has 1 unspecified atom stereocenters. The normalized spacial score (nSPS) is 13.2. The molecule has 0 amide bonds. The van der Waals surface area contributed by atoms with Crippen molar-refractivity contribution in [2.24, 2.45) is 12.8 Å². The zero-order valence-corrected chi connectivity index (χ0v) is 11.3. The van der Waals surface area contributed by atoms with Crippen LogP contribution in [0.4, 0.5) is 0 Å². The summed E-state index contributed by atoms with van der Waals surface area (Å²) in [6, 6.07) is 0.199. The van der Waals surface area contributed by atoms with Gasteiger partial charge in [-0.3, -0.25) is 4.68 Å². The molecule has 6 heteroatoms. The predicted octanol–water partition coefficient (Wildman–Crippen LogP) is 1.14. The summed E-state index contributed by atoms with van der Waals surface area (Å²) in [5, 5.41) is 8.44. The first kappa shape index (κ1) is 12.8. The van der Waals surface area contributed by atoms with Gasteiger partial charge in [0.2, 0.25) is 0 Å². The van der Waals surface area contributed by atoms with Crippen LogP contribution in [0.3, 0.4) is 0 Å². The average molecular weight is 248 g/mol. The van der Waals surface area contributed by atoms with E-state index in [4.69, 9.17) is 5.73 Å². The van der Waals surface area contributed by atoms with Gasteiger partial charge in [0.15, 0.2) is 0 Å². The molecule has 0 aliphatic rings. The lowest BCUT2D eigenvalue weighted by Gasteiger charge is -2.13. The summed E-state index contributed by atoms with van der Waals surface area (Å²) in [7, 11) is 1.92. The summed E-state index contributed by atoms with van der Waals surface area (Å²) in [5.41, 5.74) is 8.40. The smallest absolute Gasteiger partial charge is 0.138 e. The maximum atomic E-state index is 6.23. The monoisotopic (exact) mass is 248 g/mol. The molecule has 2 rings (SSSR count). The van der Waals surface area contributed by atoms with E-state index in [0.29, 0.717) is 12.5 Å². The summed E-state index contributed by atoms with van der Waals surface area (Å²) >= 11 is 0. The van der Waals surface area contributed by atoms with Gasteiger partial charge >= 0.3 is 0 Å². The Kier molecular flexibility index (Phi) is 3.47. The first-order valence-corrected chi connectivity index (χ1v) is 6.13. The van der Waals surface area contributed by atoms with Gasteiger partial charge in [0.05, 0.1) is 6.20 Å². The standard InChI is InChI=1S/C12H20N6/c1-8(2)18-12(14-7-16-18)5-11(13)10-6-15-17(4)9(10)3/h6-8,11H,5,13H2,1-4H3. The molecule has 6 nitrogen and oxygen atoms in total. The third-order valence-electron chi connectivity index (χ3n) is 3.21. The van der Waals surface area contributed by atoms with Crippen LogP contribution in [0.5, 0.6) is 0 Å². The number of nitrogens with two attached hydrogens (primary N) is 1. The van der Waals surface area contributed by atoms with Gasteiger partial charge in [-0.1, -0.05) is 0 Å². The van der Waals surface area contributed by atoms with Crippen molar-refractivity contribution in [3.8, 4) is 0 Å². The van der Waals surface area contributed by atoms with Crippen molar-refractivity contribution in [2.45, 2.75) is 39.3 Å². The second-order valence-corrected chi connectivity index (χ2v) is 4.83. The molecular weight excluding hydrogens is 228 g/mol. The maximum Gasteiger partial charge on any atom is 0.138 e. The van der Waals surface area contributed by atoms with E-state index < -0.39 is 0 Å². The molecule has 0 fully saturated rings. The molecule has 2 N–H and O–H groups in total. The van der Waals surface area contributed by atoms with Crippen molar-refractivity contribution in [1.82, 2.24) is 24.5 Å². The van der Waals surface area contributed by atoms with Crippen molar-refractivity contribution in [3.05, 3.63) is 29.6 Å². The molecule has 0 aliphatic heterocycles. The average Bonchev–Trinajstić information content (AvgIpc) is 2.88. The molecule has 1 atom stereocenters. The van der Waals surface area contributed by atoms with Crippen LogP contribution in [-0.4, -0.2) is 24.5 Å². The van der Waals surface area contributed by atoms with E-state index in [9.17, 15) is 0 Å². The molecule has 0 aromatic carbocycles. The Bertz CT molecular complexity index is 524. The van der Waals surface area contributed by atoms with Gasteiger partial charge < -0.3 is 5.73 Å². The largest absolute Gasteiger partial charge is 0.323 e. The van der Waals surface area contributed by atoms with E-state index in [0.717, 1.165) is 17.1 Å². The number of aromatic nitrogens is 5. The zero-order chi connectivity index (χ0) is 13.3. The number of hydrogen-bond donors (Lipinski definition) is 1. The molecule has 0 saturated carbocycles. The van der Waals surface area contributed by atoms with E-state index in [2.05, 4.69) is 29.0 Å². The molecule has 2 aromatic rings. The fraction of sp³-hybridized carbons (Fsp3) is 0.583. The Morgan fingerprint density at radius 2 is 2.06 bits per heavy atom. The van der Waals surface area contributed by atoms with E-state index >= 15 is 0 Å². The molecular formula is C12H20N6. The molecule has 2 aromatic heterocycles. The Balaban J connectivity index is 2.19. The quantitative estimate of drug-likeness (QED) is 0.880. The summed E-state index contributed by atoms with van der Waals surface area (Å²) in [6.45, 7) is 6.19. The number of aryl methyl sites for hydroxylation is 1. The first-order chi connectivity index (χ1) is 8.50. The van der Waals surface area contributed by atoms with Crippen molar-refractivity contribution in [1.29, 1.82) is 0 Å². The lowest BCUT2D eigenvalue weighted by Crippen LogP contribution is -2.18. The summed E-state index contributed by atoms with van der Waals surface area (Å²) < 4.78 is 3.74. The topological polar surface area (TPSA) is 74.6 Å². The third kappa shape index (κ3) is 2.28. The highest BCUT2D eigenvalue weighted by atomic mass is 15.3. The molecule has 0 saturated heterocycles. The van der Waals surface area contributed by atoms with Crippen LogP contribution < -0.4 is 5.73 Å². The summed E-state index contributed by atoms with van der Waals surface area (Å²) in [5.74, 6) is 0.917. The Hall–Kier alpha value is -1.69. The molecule has 18 heavy (non-hydrogen) atoms. The van der Waals surface area contributed by atoms with Crippen LogP contribution in [0.25, 0.3) is 0 Å². The van der Waals surface area contributed by atoms with Gasteiger partial charge in [0, 0.05) is 36.8 Å². The van der Waals surface area contributed by atoms with Gasteiger partial charge in [-0.25, -0.2) is 9.67 Å². The van der Waals surface area contributed by atoms with Gasteiger partial charge in [-0.2, -0.15) is 10.2 Å². The highest BCUT2D eigenvalue weighted by molar-refractivity contribution is 5.21. The number of hydrogen-bond acceptors (Lipinski definition) is 4. The Morgan fingerprint density at radius 1 is 1.33 bits per heavy atom. The van der Waals surface area contributed by atoms with Crippen LogP contribution in [0.15, 0.2) is 12.5 Å². The second kappa shape index (κ2) is 4.89. The van der Waals surface area contributed by atoms with Crippen LogP contribution in [0, 0.1) is 6.92 Å². The zero-order valence-electron chi connectivity index (χ0n) is 11.3. The van der Waals surface area contributed by atoms with Gasteiger partial charge in [0.1, 0.15) is 12.2 Å². The third-order valence-corrected chi connectivity index (χ3v) is 3.21. The first-order valence-electron chi connectivity index (χ1n) is 6.13. The van der Waals surface area contributed by atoms with Crippen molar-refractivity contribution < 1.29 is 0 Å². The maximum absolute atomic E-state index is 6.23. The number of nitrogens with zero attached hydrogens (tertiary/aromatic N) is 5. The fourth-order valence-electron chi connectivity index (χ4n) is 2.04. The van der Waals surface area contributed by atoms with Crippen molar-refractivity contribution in [2.75, 3.05) is 0 Å². The lowest BCUT2D eigenvalue weighted by molar-refractivity contribution is 0.493. The van der Waals surface area contributed by atoms with Crippen LogP contribution in [0.1, 0.15) is 43.0 Å². The van der Waals surface area contributed by atoms with Crippen LogP contribution in [-0.2, 0) is 13.5 Å².